The molecule has 1 atom stereocenters. The molecule has 0 spiro atoms. The lowest BCUT2D eigenvalue weighted by Crippen LogP contribution is -2.18. The van der Waals surface area contributed by atoms with Crippen LogP contribution < -0.4 is 5.32 Å². The number of hydrogen-bond donors (Lipinski definition) is 1. The van der Waals surface area contributed by atoms with E-state index in [1.165, 1.54) is 11.8 Å². The van der Waals surface area contributed by atoms with Crippen LogP contribution in [0, 0.1) is 6.92 Å². The molecule has 4 rings (SSSR count). The lowest BCUT2D eigenvalue weighted by atomic mass is 10.2. The molecule has 1 aromatic carbocycles. The fourth-order valence-corrected chi connectivity index (χ4v) is 4.66. The lowest BCUT2D eigenvalue weighted by molar-refractivity contribution is -0.113. The standard InChI is InChI=1S/C20H22N4O2S2/c1-14-5-2-6-15(11-14)21-18(25)13-28-20-23-22-19(17-8-4-10-27-17)24(20)12-16-7-3-9-26-16/h2,4-6,8,10-11,16H,3,7,9,12-13H2,1H3,(H,21,25)/t16-/m1/s1. The summed E-state index contributed by atoms with van der Waals surface area (Å²) in [6.45, 7) is 3.52. The maximum atomic E-state index is 12.4. The summed E-state index contributed by atoms with van der Waals surface area (Å²) in [7, 11) is 0. The predicted octanol–water partition coefficient (Wildman–Crippen LogP) is 4.22. The molecule has 0 unspecified atom stereocenters. The van der Waals surface area contributed by atoms with Gasteiger partial charge in [-0.05, 0) is 48.9 Å². The van der Waals surface area contributed by atoms with E-state index in [-0.39, 0.29) is 17.8 Å². The minimum absolute atomic E-state index is 0.0556. The molecule has 28 heavy (non-hydrogen) atoms. The Morgan fingerprint density at radius 2 is 2.29 bits per heavy atom. The second kappa shape index (κ2) is 8.89. The highest BCUT2D eigenvalue weighted by atomic mass is 32.2. The molecular formula is C20H22N4O2S2. The van der Waals surface area contributed by atoms with Gasteiger partial charge in [0.05, 0.1) is 23.3 Å². The van der Waals surface area contributed by atoms with Crippen molar-refractivity contribution in [1.29, 1.82) is 0 Å². The lowest BCUT2D eigenvalue weighted by Gasteiger charge is -2.14. The molecule has 1 aliphatic heterocycles. The van der Waals surface area contributed by atoms with Gasteiger partial charge in [0.1, 0.15) is 0 Å². The number of aromatic nitrogens is 3. The number of aryl methyl sites for hydroxylation is 1. The first kappa shape index (κ1) is 19.2. The summed E-state index contributed by atoms with van der Waals surface area (Å²) in [4.78, 5) is 13.4. The van der Waals surface area contributed by atoms with Crippen molar-refractivity contribution in [3.63, 3.8) is 0 Å². The number of rotatable bonds is 7. The first-order chi connectivity index (χ1) is 13.7. The number of ether oxygens (including phenoxy) is 1. The van der Waals surface area contributed by atoms with Crippen LogP contribution in [0.3, 0.4) is 0 Å². The van der Waals surface area contributed by atoms with Crippen molar-refractivity contribution in [2.75, 3.05) is 17.7 Å². The molecule has 6 nitrogen and oxygen atoms in total. The van der Waals surface area contributed by atoms with Gasteiger partial charge in [-0.2, -0.15) is 0 Å². The predicted molar refractivity (Wildman–Crippen MR) is 113 cm³/mol. The smallest absolute Gasteiger partial charge is 0.234 e. The van der Waals surface area contributed by atoms with Crippen LogP contribution in [-0.2, 0) is 16.1 Å². The van der Waals surface area contributed by atoms with Gasteiger partial charge in [-0.25, -0.2) is 0 Å². The Morgan fingerprint density at radius 3 is 3.04 bits per heavy atom. The monoisotopic (exact) mass is 414 g/mol. The number of carbonyl (C=O) groups excluding carboxylic acids is 1. The van der Waals surface area contributed by atoms with E-state index in [1.54, 1.807) is 11.3 Å². The molecule has 1 saturated heterocycles. The zero-order valence-corrected chi connectivity index (χ0v) is 17.3. The Kier molecular flexibility index (Phi) is 6.09. The summed E-state index contributed by atoms with van der Waals surface area (Å²) in [6, 6.07) is 11.8. The van der Waals surface area contributed by atoms with E-state index in [4.69, 9.17) is 4.74 Å². The minimum atomic E-state index is -0.0556. The molecule has 0 aliphatic carbocycles. The van der Waals surface area contributed by atoms with E-state index in [2.05, 4.69) is 20.1 Å². The first-order valence-electron chi connectivity index (χ1n) is 9.27. The average Bonchev–Trinajstić information content (AvgIpc) is 3.43. The summed E-state index contributed by atoms with van der Waals surface area (Å²) in [5, 5.41) is 14.5. The Labute approximate surface area is 172 Å². The van der Waals surface area contributed by atoms with Gasteiger partial charge >= 0.3 is 0 Å². The maximum Gasteiger partial charge on any atom is 0.234 e. The average molecular weight is 415 g/mol. The number of amides is 1. The topological polar surface area (TPSA) is 69.0 Å². The van der Waals surface area contributed by atoms with Crippen LogP contribution >= 0.6 is 23.1 Å². The maximum absolute atomic E-state index is 12.4. The number of anilines is 1. The molecule has 8 heteroatoms. The molecule has 0 radical (unpaired) electrons. The van der Waals surface area contributed by atoms with Crippen molar-refractivity contribution in [1.82, 2.24) is 14.8 Å². The van der Waals surface area contributed by atoms with E-state index in [0.717, 1.165) is 46.6 Å². The molecule has 1 amide bonds. The van der Waals surface area contributed by atoms with Crippen LogP contribution in [0.2, 0.25) is 0 Å². The number of benzene rings is 1. The highest BCUT2D eigenvalue weighted by Gasteiger charge is 2.22. The minimum Gasteiger partial charge on any atom is -0.376 e. The Morgan fingerprint density at radius 1 is 1.36 bits per heavy atom. The molecule has 0 saturated carbocycles. The van der Waals surface area contributed by atoms with Gasteiger partial charge in [0.15, 0.2) is 11.0 Å². The van der Waals surface area contributed by atoms with Gasteiger partial charge in [0, 0.05) is 12.3 Å². The zero-order valence-electron chi connectivity index (χ0n) is 15.6. The number of hydrogen-bond acceptors (Lipinski definition) is 6. The summed E-state index contributed by atoms with van der Waals surface area (Å²) < 4.78 is 7.90. The molecule has 3 heterocycles. The molecule has 146 valence electrons. The van der Waals surface area contributed by atoms with Crippen LogP contribution in [0.15, 0.2) is 46.9 Å². The zero-order chi connectivity index (χ0) is 19.3. The Bertz CT molecular complexity index is 934. The van der Waals surface area contributed by atoms with Crippen LogP contribution in [0.4, 0.5) is 5.69 Å². The quantitative estimate of drug-likeness (QED) is 0.586. The number of thioether (sulfide) groups is 1. The third kappa shape index (κ3) is 4.63. The van der Waals surface area contributed by atoms with Crippen LogP contribution in [0.1, 0.15) is 18.4 Å². The SMILES string of the molecule is Cc1cccc(NC(=O)CSc2nnc(-c3cccs3)n2C[C@H]2CCCO2)c1. The van der Waals surface area contributed by atoms with Crippen molar-refractivity contribution in [2.24, 2.45) is 0 Å². The largest absolute Gasteiger partial charge is 0.376 e. The summed E-state index contributed by atoms with van der Waals surface area (Å²) in [6.07, 6.45) is 2.30. The molecule has 0 bridgehead atoms. The number of nitrogens with zero attached hydrogens (tertiary/aromatic N) is 3. The van der Waals surface area contributed by atoms with Crippen molar-refractivity contribution in [2.45, 2.75) is 37.6 Å². The second-order valence-electron chi connectivity index (χ2n) is 6.74. The van der Waals surface area contributed by atoms with E-state index >= 15 is 0 Å². The first-order valence-corrected chi connectivity index (χ1v) is 11.1. The third-order valence-electron chi connectivity index (χ3n) is 4.50. The fourth-order valence-electron chi connectivity index (χ4n) is 3.19. The highest BCUT2D eigenvalue weighted by molar-refractivity contribution is 7.99. The second-order valence-corrected chi connectivity index (χ2v) is 8.63. The fraction of sp³-hybridized carbons (Fsp3) is 0.350. The van der Waals surface area contributed by atoms with Gasteiger partial charge in [0.25, 0.3) is 0 Å². The van der Waals surface area contributed by atoms with Gasteiger partial charge in [-0.1, -0.05) is 30.0 Å². The van der Waals surface area contributed by atoms with E-state index in [1.807, 2.05) is 48.7 Å². The third-order valence-corrected chi connectivity index (χ3v) is 6.34. The van der Waals surface area contributed by atoms with Gasteiger partial charge in [-0.3, -0.25) is 9.36 Å². The number of thiophene rings is 1. The Balaban J connectivity index is 1.46. The van der Waals surface area contributed by atoms with Crippen LogP contribution in [0.25, 0.3) is 10.7 Å². The van der Waals surface area contributed by atoms with E-state index in [9.17, 15) is 4.79 Å². The normalized spacial score (nSPS) is 16.4. The summed E-state index contributed by atoms with van der Waals surface area (Å²) in [5.74, 6) is 1.06. The number of carbonyl (C=O) groups is 1. The van der Waals surface area contributed by atoms with E-state index < -0.39 is 0 Å². The molecule has 1 N–H and O–H groups in total. The van der Waals surface area contributed by atoms with Crippen LogP contribution in [0.5, 0.6) is 0 Å². The molecule has 1 aliphatic rings. The van der Waals surface area contributed by atoms with Gasteiger partial charge < -0.3 is 10.1 Å². The van der Waals surface area contributed by atoms with E-state index in [0.29, 0.717) is 6.54 Å². The van der Waals surface area contributed by atoms with Crippen molar-refractivity contribution in [3.8, 4) is 10.7 Å². The van der Waals surface area contributed by atoms with Crippen LogP contribution in [-0.4, -0.2) is 39.1 Å². The summed E-state index contributed by atoms with van der Waals surface area (Å²) in [5.41, 5.74) is 1.92. The molecule has 1 fully saturated rings. The molecule has 3 aromatic rings. The molecular weight excluding hydrogens is 392 g/mol. The van der Waals surface area contributed by atoms with Gasteiger partial charge in [0.2, 0.25) is 5.91 Å². The van der Waals surface area contributed by atoms with Crippen molar-refractivity contribution < 1.29 is 9.53 Å². The van der Waals surface area contributed by atoms with Crippen molar-refractivity contribution >= 4 is 34.7 Å². The highest BCUT2D eigenvalue weighted by Crippen LogP contribution is 2.29. The van der Waals surface area contributed by atoms with Crippen molar-refractivity contribution in [3.05, 3.63) is 47.3 Å². The summed E-state index contributed by atoms with van der Waals surface area (Å²) >= 11 is 3.04. The number of nitrogens with one attached hydrogen (secondary N) is 1. The van der Waals surface area contributed by atoms with Gasteiger partial charge in [-0.15, -0.1) is 21.5 Å². The molecule has 2 aromatic heterocycles. The Hall–Kier alpha value is -2.16.